The fraction of sp³-hybridized carbons (Fsp3) is 0.211. The van der Waals surface area contributed by atoms with Crippen molar-refractivity contribution in [3.05, 3.63) is 66.4 Å². The second-order valence-electron chi connectivity index (χ2n) is 5.91. The Morgan fingerprint density at radius 1 is 1.00 bits per heavy atom. The zero-order chi connectivity index (χ0) is 15.1. The molecular formula is C19H18N2O. The van der Waals surface area contributed by atoms with Crippen LogP contribution in [0, 0.1) is 6.92 Å². The summed E-state index contributed by atoms with van der Waals surface area (Å²) in [7, 11) is 0. The number of amides is 1. The number of rotatable bonds is 2. The molecule has 1 aliphatic heterocycles. The van der Waals surface area contributed by atoms with Crippen molar-refractivity contribution in [2.45, 2.75) is 19.4 Å². The van der Waals surface area contributed by atoms with Crippen molar-refractivity contribution < 1.29 is 4.79 Å². The van der Waals surface area contributed by atoms with E-state index in [9.17, 15) is 4.79 Å². The van der Waals surface area contributed by atoms with Crippen molar-refractivity contribution in [2.24, 2.45) is 0 Å². The Hall–Kier alpha value is -2.55. The van der Waals surface area contributed by atoms with E-state index >= 15 is 0 Å². The minimum Gasteiger partial charge on any atom is -0.335 e. The van der Waals surface area contributed by atoms with Crippen molar-refractivity contribution >= 4 is 22.5 Å². The number of aryl methyl sites for hydroxylation is 1. The van der Waals surface area contributed by atoms with Crippen LogP contribution in [0.25, 0.3) is 10.9 Å². The second-order valence-corrected chi connectivity index (χ2v) is 5.91. The Bertz CT molecular complexity index is 832. The Labute approximate surface area is 129 Å². The summed E-state index contributed by atoms with van der Waals surface area (Å²) in [5.41, 5.74) is 3.34. The van der Waals surface area contributed by atoms with E-state index in [0.29, 0.717) is 0 Å². The predicted molar refractivity (Wildman–Crippen MR) is 89.1 cm³/mol. The summed E-state index contributed by atoms with van der Waals surface area (Å²) >= 11 is 0. The van der Waals surface area contributed by atoms with Gasteiger partial charge in [-0.3, -0.25) is 4.79 Å². The summed E-state index contributed by atoms with van der Waals surface area (Å²) in [6.07, 6.45) is 2.89. The molecule has 1 aromatic heterocycles. The lowest BCUT2D eigenvalue weighted by Gasteiger charge is -2.18. The molecule has 22 heavy (non-hydrogen) atoms. The van der Waals surface area contributed by atoms with Crippen LogP contribution in [-0.4, -0.2) is 17.0 Å². The van der Waals surface area contributed by atoms with Crippen LogP contribution in [0.2, 0.25) is 0 Å². The number of anilines is 1. The van der Waals surface area contributed by atoms with E-state index in [-0.39, 0.29) is 11.9 Å². The number of benzene rings is 2. The van der Waals surface area contributed by atoms with E-state index in [1.165, 1.54) is 10.9 Å². The van der Waals surface area contributed by atoms with Crippen LogP contribution >= 0.6 is 0 Å². The Kier molecular flexibility index (Phi) is 3.00. The van der Waals surface area contributed by atoms with Crippen molar-refractivity contribution in [1.82, 2.24) is 4.57 Å². The van der Waals surface area contributed by atoms with E-state index in [0.717, 1.165) is 24.2 Å². The van der Waals surface area contributed by atoms with Crippen molar-refractivity contribution in [2.75, 3.05) is 11.4 Å². The molecular weight excluding hydrogens is 272 g/mol. The van der Waals surface area contributed by atoms with E-state index in [2.05, 4.69) is 41.8 Å². The number of hydrogen-bond acceptors (Lipinski definition) is 1. The average Bonchev–Trinajstić information content (AvgIpc) is 3.12. The summed E-state index contributed by atoms with van der Waals surface area (Å²) in [6, 6.07) is 18.4. The summed E-state index contributed by atoms with van der Waals surface area (Å²) in [6.45, 7) is 2.84. The smallest absolute Gasteiger partial charge is 0.250 e. The zero-order valence-electron chi connectivity index (χ0n) is 12.6. The first-order valence-corrected chi connectivity index (χ1v) is 7.68. The Morgan fingerprint density at radius 3 is 2.59 bits per heavy atom. The molecule has 3 heteroatoms. The SMILES string of the molecule is Cc1ccc(N2CCC(n3ccc4ccccc43)C2=O)cc1. The number of carbonyl (C=O) groups excluding carboxylic acids is 1. The summed E-state index contributed by atoms with van der Waals surface area (Å²) < 4.78 is 2.12. The molecule has 0 radical (unpaired) electrons. The molecule has 1 unspecified atom stereocenters. The van der Waals surface area contributed by atoms with Gasteiger partial charge < -0.3 is 9.47 Å². The lowest BCUT2D eigenvalue weighted by atomic mass is 10.2. The van der Waals surface area contributed by atoms with E-state index in [4.69, 9.17) is 0 Å². The number of hydrogen-bond donors (Lipinski definition) is 0. The van der Waals surface area contributed by atoms with Crippen LogP contribution in [0.5, 0.6) is 0 Å². The van der Waals surface area contributed by atoms with E-state index in [1.54, 1.807) is 0 Å². The number of carbonyl (C=O) groups is 1. The number of nitrogens with zero attached hydrogens (tertiary/aromatic N) is 2. The Balaban J connectivity index is 1.68. The molecule has 0 aliphatic carbocycles. The molecule has 1 fully saturated rings. The van der Waals surface area contributed by atoms with E-state index in [1.807, 2.05) is 35.4 Å². The molecule has 3 nitrogen and oxygen atoms in total. The normalized spacial score (nSPS) is 18.3. The molecule has 2 heterocycles. The zero-order valence-corrected chi connectivity index (χ0v) is 12.6. The summed E-state index contributed by atoms with van der Waals surface area (Å²) in [4.78, 5) is 14.7. The molecule has 3 aromatic rings. The van der Waals surface area contributed by atoms with Gasteiger partial charge in [0.25, 0.3) is 0 Å². The maximum Gasteiger partial charge on any atom is 0.250 e. The third kappa shape index (κ3) is 2.01. The topological polar surface area (TPSA) is 25.2 Å². The minimum atomic E-state index is -0.0961. The largest absolute Gasteiger partial charge is 0.335 e. The highest BCUT2D eigenvalue weighted by molar-refractivity contribution is 5.99. The molecule has 1 amide bonds. The molecule has 2 aromatic carbocycles. The molecule has 110 valence electrons. The van der Waals surface area contributed by atoms with E-state index < -0.39 is 0 Å². The first kappa shape index (κ1) is 13.1. The van der Waals surface area contributed by atoms with Gasteiger partial charge >= 0.3 is 0 Å². The molecule has 0 bridgehead atoms. The fourth-order valence-corrected chi connectivity index (χ4v) is 3.28. The molecule has 1 atom stereocenters. The average molecular weight is 290 g/mol. The number of fused-ring (bicyclic) bond motifs is 1. The van der Waals surface area contributed by atoms with Crippen LogP contribution in [0.3, 0.4) is 0 Å². The van der Waals surface area contributed by atoms with Crippen molar-refractivity contribution in [3.8, 4) is 0 Å². The van der Waals surface area contributed by atoms with Crippen LogP contribution in [0.15, 0.2) is 60.8 Å². The molecule has 1 aliphatic rings. The highest BCUT2D eigenvalue weighted by atomic mass is 16.2. The first-order chi connectivity index (χ1) is 10.7. The molecule has 0 saturated carbocycles. The number of aromatic nitrogens is 1. The van der Waals surface area contributed by atoms with Crippen molar-refractivity contribution in [1.29, 1.82) is 0 Å². The van der Waals surface area contributed by atoms with Gasteiger partial charge in [-0.15, -0.1) is 0 Å². The monoisotopic (exact) mass is 290 g/mol. The first-order valence-electron chi connectivity index (χ1n) is 7.68. The lowest BCUT2D eigenvalue weighted by molar-refractivity contribution is -0.119. The predicted octanol–water partition coefficient (Wildman–Crippen LogP) is 3.93. The van der Waals surface area contributed by atoms with Crippen LogP contribution in [-0.2, 0) is 4.79 Å². The minimum absolute atomic E-state index is 0.0961. The second kappa shape index (κ2) is 5.02. The van der Waals surface area contributed by atoms with Gasteiger partial charge in [0.2, 0.25) is 5.91 Å². The van der Waals surface area contributed by atoms with Crippen LogP contribution < -0.4 is 4.90 Å². The fourth-order valence-electron chi connectivity index (χ4n) is 3.28. The third-order valence-corrected chi connectivity index (χ3v) is 4.49. The van der Waals surface area contributed by atoms with Gasteiger partial charge in [0.05, 0.1) is 0 Å². The van der Waals surface area contributed by atoms with Gasteiger partial charge in [0, 0.05) is 23.9 Å². The van der Waals surface area contributed by atoms with Crippen molar-refractivity contribution in [3.63, 3.8) is 0 Å². The molecule has 4 rings (SSSR count). The quantitative estimate of drug-likeness (QED) is 0.702. The summed E-state index contributed by atoms with van der Waals surface area (Å²) in [5, 5.41) is 1.18. The van der Waals surface area contributed by atoms with Crippen LogP contribution in [0.1, 0.15) is 18.0 Å². The van der Waals surface area contributed by atoms with Crippen LogP contribution in [0.4, 0.5) is 5.69 Å². The molecule has 0 N–H and O–H groups in total. The van der Waals surface area contributed by atoms with Gasteiger partial charge in [-0.1, -0.05) is 35.9 Å². The number of para-hydroxylation sites is 1. The van der Waals surface area contributed by atoms with Gasteiger partial charge in [-0.2, -0.15) is 0 Å². The maximum absolute atomic E-state index is 12.8. The highest BCUT2D eigenvalue weighted by Crippen LogP contribution is 2.31. The maximum atomic E-state index is 12.8. The highest BCUT2D eigenvalue weighted by Gasteiger charge is 2.34. The third-order valence-electron chi connectivity index (χ3n) is 4.49. The standard InChI is InChI=1S/C19H18N2O/c1-14-6-8-16(9-7-14)20-13-11-18(19(20)22)21-12-10-15-4-2-3-5-17(15)21/h2-10,12,18H,11,13H2,1H3. The van der Waals surface area contributed by atoms with Gasteiger partial charge in [0.15, 0.2) is 0 Å². The van der Waals surface area contributed by atoms with Gasteiger partial charge in [-0.05, 0) is 43.0 Å². The lowest BCUT2D eigenvalue weighted by Crippen LogP contribution is -2.28. The van der Waals surface area contributed by atoms with Gasteiger partial charge in [-0.25, -0.2) is 0 Å². The molecule has 1 saturated heterocycles. The summed E-state index contributed by atoms with van der Waals surface area (Å²) in [5.74, 6) is 0.185. The van der Waals surface area contributed by atoms with Gasteiger partial charge in [0.1, 0.15) is 6.04 Å². The Morgan fingerprint density at radius 2 is 1.77 bits per heavy atom. The molecule has 0 spiro atoms.